The van der Waals surface area contributed by atoms with Crippen molar-refractivity contribution < 1.29 is 13.2 Å². The number of anilines is 1. The van der Waals surface area contributed by atoms with Crippen molar-refractivity contribution in [1.29, 1.82) is 0 Å². The first-order chi connectivity index (χ1) is 7.84. The standard InChI is InChI=1S/C11H12F3N3/c1-3-17-6(2)16-10-8(15)4-7(5-9(10)17)11(12,13)14/h4-5H,3,15H2,1-2H3. The number of alkyl halides is 3. The third kappa shape index (κ3) is 1.83. The molecule has 0 saturated heterocycles. The quantitative estimate of drug-likeness (QED) is 0.782. The Labute approximate surface area is 96.0 Å². The van der Waals surface area contributed by atoms with Crippen LogP contribution in [0.5, 0.6) is 0 Å². The molecule has 0 atom stereocenters. The van der Waals surface area contributed by atoms with Gasteiger partial charge in [0.1, 0.15) is 11.3 Å². The number of halogens is 3. The summed E-state index contributed by atoms with van der Waals surface area (Å²) in [6.45, 7) is 4.16. The zero-order valence-corrected chi connectivity index (χ0v) is 9.47. The lowest BCUT2D eigenvalue weighted by atomic mass is 10.1. The van der Waals surface area contributed by atoms with Gasteiger partial charge in [-0.1, -0.05) is 0 Å². The van der Waals surface area contributed by atoms with Gasteiger partial charge >= 0.3 is 6.18 Å². The number of fused-ring (bicyclic) bond motifs is 1. The number of nitrogens with zero attached hydrogens (tertiary/aromatic N) is 2. The minimum absolute atomic E-state index is 0.0603. The molecule has 92 valence electrons. The summed E-state index contributed by atoms with van der Waals surface area (Å²) in [5.74, 6) is 0.661. The van der Waals surface area contributed by atoms with Crippen molar-refractivity contribution in [1.82, 2.24) is 9.55 Å². The van der Waals surface area contributed by atoms with Crippen molar-refractivity contribution in [2.45, 2.75) is 26.6 Å². The summed E-state index contributed by atoms with van der Waals surface area (Å²) in [6, 6.07) is 2.02. The Morgan fingerprint density at radius 3 is 2.53 bits per heavy atom. The number of imidazole rings is 1. The first kappa shape index (κ1) is 11.8. The van der Waals surface area contributed by atoms with Gasteiger partial charge in [0.2, 0.25) is 0 Å². The summed E-state index contributed by atoms with van der Waals surface area (Å²) in [5.41, 5.74) is 5.79. The van der Waals surface area contributed by atoms with E-state index in [2.05, 4.69) is 4.98 Å². The number of benzene rings is 1. The lowest BCUT2D eigenvalue weighted by molar-refractivity contribution is -0.137. The van der Waals surface area contributed by atoms with Gasteiger partial charge in [-0.3, -0.25) is 0 Å². The van der Waals surface area contributed by atoms with E-state index in [1.54, 1.807) is 11.5 Å². The van der Waals surface area contributed by atoms with Crippen LogP contribution in [0, 0.1) is 6.92 Å². The van der Waals surface area contributed by atoms with E-state index in [9.17, 15) is 13.2 Å². The molecule has 0 bridgehead atoms. The number of nitrogen functional groups attached to an aromatic ring is 1. The lowest BCUT2D eigenvalue weighted by Gasteiger charge is -2.09. The van der Waals surface area contributed by atoms with Crippen LogP contribution in [0.15, 0.2) is 12.1 Å². The van der Waals surface area contributed by atoms with Gasteiger partial charge in [0.05, 0.1) is 16.8 Å². The minimum Gasteiger partial charge on any atom is -0.397 e. The summed E-state index contributed by atoms with van der Waals surface area (Å²) < 4.78 is 39.7. The SMILES string of the molecule is CCn1c(C)nc2c(N)cc(C(F)(F)F)cc21. The summed E-state index contributed by atoms with van der Waals surface area (Å²) >= 11 is 0. The molecule has 2 N–H and O–H groups in total. The minimum atomic E-state index is -4.39. The van der Waals surface area contributed by atoms with Crippen LogP contribution in [-0.2, 0) is 12.7 Å². The predicted octanol–water partition coefficient (Wildman–Crippen LogP) is 2.97. The van der Waals surface area contributed by atoms with Crippen molar-refractivity contribution in [3.8, 4) is 0 Å². The van der Waals surface area contributed by atoms with E-state index in [0.29, 0.717) is 23.4 Å². The first-order valence-electron chi connectivity index (χ1n) is 5.18. The molecule has 1 aromatic heterocycles. The second-order valence-electron chi connectivity index (χ2n) is 3.83. The molecule has 0 amide bonds. The maximum atomic E-state index is 12.7. The van der Waals surface area contributed by atoms with Gasteiger partial charge in [-0.2, -0.15) is 13.2 Å². The molecule has 6 heteroatoms. The number of nitrogens with two attached hydrogens (primary N) is 1. The van der Waals surface area contributed by atoms with Gasteiger partial charge in [0.15, 0.2) is 0 Å². The molecule has 1 aromatic carbocycles. The highest BCUT2D eigenvalue weighted by atomic mass is 19.4. The molecule has 0 saturated carbocycles. The van der Waals surface area contributed by atoms with Gasteiger partial charge in [0.25, 0.3) is 0 Å². The zero-order chi connectivity index (χ0) is 12.8. The number of hydrogen-bond acceptors (Lipinski definition) is 2. The van der Waals surface area contributed by atoms with Gasteiger partial charge in [-0.15, -0.1) is 0 Å². The van der Waals surface area contributed by atoms with Crippen molar-refractivity contribution in [2.24, 2.45) is 0 Å². The Kier molecular flexibility index (Phi) is 2.52. The zero-order valence-electron chi connectivity index (χ0n) is 9.47. The summed E-state index contributed by atoms with van der Waals surface area (Å²) in [7, 11) is 0. The third-order valence-corrected chi connectivity index (χ3v) is 2.72. The molecule has 3 nitrogen and oxygen atoms in total. The third-order valence-electron chi connectivity index (χ3n) is 2.72. The predicted molar refractivity (Wildman–Crippen MR) is 59.6 cm³/mol. The van der Waals surface area contributed by atoms with E-state index in [1.165, 1.54) is 0 Å². The maximum Gasteiger partial charge on any atom is 0.416 e. The summed E-state index contributed by atoms with van der Waals surface area (Å²) in [6.07, 6.45) is -4.39. The fourth-order valence-corrected chi connectivity index (χ4v) is 1.93. The Balaban J connectivity index is 2.79. The van der Waals surface area contributed by atoms with E-state index < -0.39 is 11.7 Å². The molecule has 0 aliphatic carbocycles. The summed E-state index contributed by atoms with van der Waals surface area (Å²) in [4.78, 5) is 4.18. The molecular formula is C11H12F3N3. The van der Waals surface area contributed by atoms with Crippen LogP contribution >= 0.6 is 0 Å². The van der Waals surface area contributed by atoms with E-state index in [0.717, 1.165) is 12.1 Å². The van der Waals surface area contributed by atoms with Crippen LogP contribution in [0.4, 0.5) is 18.9 Å². The molecule has 0 aliphatic rings. The Hall–Kier alpha value is -1.72. The number of rotatable bonds is 1. The Morgan fingerprint density at radius 2 is 2.00 bits per heavy atom. The molecule has 0 aliphatic heterocycles. The molecule has 17 heavy (non-hydrogen) atoms. The topological polar surface area (TPSA) is 43.8 Å². The molecule has 0 fully saturated rings. The monoisotopic (exact) mass is 243 g/mol. The molecular weight excluding hydrogens is 231 g/mol. The molecule has 0 spiro atoms. The fraction of sp³-hybridized carbons (Fsp3) is 0.364. The summed E-state index contributed by atoms with van der Waals surface area (Å²) in [5, 5.41) is 0. The fourth-order valence-electron chi connectivity index (χ4n) is 1.93. The Morgan fingerprint density at radius 1 is 1.35 bits per heavy atom. The van der Waals surface area contributed by atoms with Gasteiger partial charge in [-0.05, 0) is 26.0 Å². The normalized spacial score (nSPS) is 12.3. The van der Waals surface area contributed by atoms with Gasteiger partial charge in [0, 0.05) is 6.54 Å². The van der Waals surface area contributed by atoms with Crippen LogP contribution in [0.3, 0.4) is 0 Å². The van der Waals surface area contributed by atoms with E-state index in [4.69, 9.17) is 5.73 Å². The van der Waals surface area contributed by atoms with E-state index in [-0.39, 0.29) is 5.69 Å². The van der Waals surface area contributed by atoms with Crippen LogP contribution in [0.2, 0.25) is 0 Å². The largest absolute Gasteiger partial charge is 0.416 e. The number of aryl methyl sites for hydroxylation is 2. The van der Waals surface area contributed by atoms with Crippen LogP contribution in [-0.4, -0.2) is 9.55 Å². The van der Waals surface area contributed by atoms with Crippen LogP contribution in [0.1, 0.15) is 18.3 Å². The maximum absolute atomic E-state index is 12.7. The highest BCUT2D eigenvalue weighted by Gasteiger charge is 2.31. The smallest absolute Gasteiger partial charge is 0.397 e. The van der Waals surface area contributed by atoms with Gasteiger partial charge < -0.3 is 10.3 Å². The first-order valence-corrected chi connectivity index (χ1v) is 5.18. The van der Waals surface area contributed by atoms with E-state index >= 15 is 0 Å². The van der Waals surface area contributed by atoms with Crippen molar-refractivity contribution in [3.63, 3.8) is 0 Å². The Bertz CT molecular complexity index is 569. The number of aromatic nitrogens is 2. The molecule has 0 radical (unpaired) electrons. The highest BCUT2D eigenvalue weighted by molar-refractivity contribution is 5.88. The van der Waals surface area contributed by atoms with Crippen molar-refractivity contribution in [2.75, 3.05) is 5.73 Å². The average molecular weight is 243 g/mol. The van der Waals surface area contributed by atoms with Crippen molar-refractivity contribution in [3.05, 3.63) is 23.5 Å². The molecule has 0 unspecified atom stereocenters. The molecule has 2 rings (SSSR count). The highest BCUT2D eigenvalue weighted by Crippen LogP contribution is 2.34. The average Bonchev–Trinajstić information content (AvgIpc) is 2.53. The second-order valence-corrected chi connectivity index (χ2v) is 3.83. The number of hydrogen-bond donors (Lipinski definition) is 1. The van der Waals surface area contributed by atoms with Crippen LogP contribution in [0.25, 0.3) is 11.0 Å². The molecule has 1 heterocycles. The lowest BCUT2D eigenvalue weighted by Crippen LogP contribution is -2.06. The van der Waals surface area contributed by atoms with Gasteiger partial charge in [-0.25, -0.2) is 4.98 Å². The second kappa shape index (κ2) is 3.65. The van der Waals surface area contributed by atoms with E-state index in [1.807, 2.05) is 6.92 Å². The van der Waals surface area contributed by atoms with Crippen molar-refractivity contribution >= 4 is 16.7 Å². The van der Waals surface area contributed by atoms with Crippen LogP contribution < -0.4 is 5.73 Å². The molecule has 2 aromatic rings.